The summed E-state index contributed by atoms with van der Waals surface area (Å²) in [6.07, 6.45) is 0. The van der Waals surface area contributed by atoms with Crippen molar-refractivity contribution in [2.45, 2.75) is 25.7 Å². The molecule has 0 bridgehead atoms. The van der Waals surface area contributed by atoms with Crippen LogP contribution in [0.5, 0.6) is 0 Å². The minimum atomic E-state index is -3.67. The number of aryl methyl sites for hydroxylation is 2. The number of hydrogen-bond donors (Lipinski definition) is 0. The normalized spacial score (nSPS) is 15.1. The molecule has 0 unspecified atom stereocenters. The van der Waals surface area contributed by atoms with Gasteiger partial charge < -0.3 is 14.1 Å². The molecule has 33 heavy (non-hydrogen) atoms. The predicted molar refractivity (Wildman–Crippen MR) is 122 cm³/mol. The third kappa shape index (κ3) is 4.51. The molecule has 2 aromatic carbocycles. The zero-order chi connectivity index (χ0) is 23.8. The van der Waals surface area contributed by atoms with Crippen molar-refractivity contribution in [2.75, 3.05) is 32.8 Å². The Balaban J connectivity index is 1.35. The number of furan rings is 1. The van der Waals surface area contributed by atoms with E-state index in [1.165, 1.54) is 9.21 Å². The molecule has 1 amide bonds. The fourth-order valence-corrected chi connectivity index (χ4v) is 5.50. The lowest BCUT2D eigenvalue weighted by Crippen LogP contribution is -2.51. The lowest BCUT2D eigenvalue weighted by Gasteiger charge is -2.33. The van der Waals surface area contributed by atoms with Crippen LogP contribution in [0, 0.1) is 20.8 Å². The molecule has 1 aliphatic rings. The van der Waals surface area contributed by atoms with Gasteiger partial charge in [0.25, 0.3) is 5.91 Å². The highest BCUT2D eigenvalue weighted by Crippen LogP contribution is 2.23. The third-order valence-electron chi connectivity index (χ3n) is 6.04. The van der Waals surface area contributed by atoms with Crippen LogP contribution in [0.4, 0.5) is 0 Å². The molecule has 3 aromatic rings. The monoisotopic (exact) mass is 470 g/mol. The van der Waals surface area contributed by atoms with Gasteiger partial charge in [-0.05, 0) is 43.7 Å². The van der Waals surface area contributed by atoms with E-state index in [1.54, 1.807) is 39.0 Å². The largest absolute Gasteiger partial charge is 0.465 e. The molecule has 1 aromatic heterocycles. The quantitative estimate of drug-likeness (QED) is 0.532. The number of sulfonamides is 1. The van der Waals surface area contributed by atoms with Crippen molar-refractivity contribution in [3.8, 4) is 0 Å². The molecule has 9 heteroatoms. The first-order valence-electron chi connectivity index (χ1n) is 10.7. The van der Waals surface area contributed by atoms with Gasteiger partial charge in [-0.3, -0.25) is 4.79 Å². The lowest BCUT2D eigenvalue weighted by atomic mass is 10.1. The number of carbonyl (C=O) groups excluding carboxylic acids is 2. The van der Waals surface area contributed by atoms with Gasteiger partial charge in [-0.2, -0.15) is 4.31 Å². The minimum Gasteiger partial charge on any atom is -0.465 e. The standard InChI is InChI=1S/C24H26N2O6S/c1-16-17(2)32-18(3)23(16)24(28)31-15-22(27)25-10-12-26(13-11-25)33(29,30)21-9-8-19-6-4-5-7-20(19)14-21/h4-9,14H,10-13,15H2,1-3H3. The fourth-order valence-electron chi connectivity index (χ4n) is 4.04. The Morgan fingerprint density at radius 2 is 1.61 bits per heavy atom. The van der Waals surface area contributed by atoms with Crippen LogP contribution in [0.2, 0.25) is 0 Å². The van der Waals surface area contributed by atoms with Crippen LogP contribution >= 0.6 is 0 Å². The molecule has 8 nitrogen and oxygen atoms in total. The molecule has 0 N–H and O–H groups in total. The van der Waals surface area contributed by atoms with Crippen molar-refractivity contribution in [3.63, 3.8) is 0 Å². The number of esters is 1. The van der Waals surface area contributed by atoms with E-state index in [0.29, 0.717) is 22.6 Å². The van der Waals surface area contributed by atoms with E-state index in [-0.39, 0.29) is 37.0 Å². The molecule has 1 aliphatic heterocycles. The Bertz CT molecular complexity index is 1320. The van der Waals surface area contributed by atoms with Crippen molar-refractivity contribution >= 4 is 32.7 Å². The van der Waals surface area contributed by atoms with Crippen LogP contribution in [0.15, 0.2) is 51.8 Å². The van der Waals surface area contributed by atoms with E-state index >= 15 is 0 Å². The highest BCUT2D eigenvalue weighted by Gasteiger charge is 2.31. The number of hydrogen-bond acceptors (Lipinski definition) is 6. The highest BCUT2D eigenvalue weighted by molar-refractivity contribution is 7.89. The molecule has 0 atom stereocenters. The Kier molecular flexibility index (Phi) is 6.27. The van der Waals surface area contributed by atoms with Crippen molar-refractivity contribution < 1.29 is 27.2 Å². The number of carbonyl (C=O) groups is 2. The maximum atomic E-state index is 13.1. The Labute approximate surface area is 192 Å². The molecule has 1 fully saturated rings. The number of piperazine rings is 1. The van der Waals surface area contributed by atoms with Gasteiger partial charge >= 0.3 is 5.97 Å². The summed E-state index contributed by atoms with van der Waals surface area (Å²) in [4.78, 5) is 26.7. The van der Waals surface area contributed by atoms with Crippen LogP contribution in [0.1, 0.15) is 27.4 Å². The minimum absolute atomic E-state index is 0.175. The SMILES string of the molecule is Cc1oc(C)c(C(=O)OCC(=O)N2CCN(S(=O)(=O)c3ccc4ccccc4c3)CC2)c1C. The second-order valence-corrected chi connectivity index (χ2v) is 10.0. The summed E-state index contributed by atoms with van der Waals surface area (Å²) in [6, 6.07) is 12.6. The molecular weight excluding hydrogens is 444 g/mol. The van der Waals surface area contributed by atoms with Crippen LogP contribution in [0.3, 0.4) is 0 Å². The van der Waals surface area contributed by atoms with Gasteiger partial charge in [-0.1, -0.05) is 30.3 Å². The fraction of sp³-hybridized carbons (Fsp3) is 0.333. The van der Waals surface area contributed by atoms with Gasteiger partial charge in [0.05, 0.1) is 4.90 Å². The van der Waals surface area contributed by atoms with E-state index in [0.717, 1.165) is 10.8 Å². The summed E-state index contributed by atoms with van der Waals surface area (Å²) in [5.41, 5.74) is 1.03. The van der Waals surface area contributed by atoms with E-state index in [4.69, 9.17) is 9.15 Å². The van der Waals surface area contributed by atoms with Gasteiger partial charge in [0.15, 0.2) is 6.61 Å². The van der Waals surface area contributed by atoms with E-state index in [2.05, 4.69) is 0 Å². The van der Waals surface area contributed by atoms with Crippen LogP contribution < -0.4 is 0 Å². The van der Waals surface area contributed by atoms with E-state index in [9.17, 15) is 18.0 Å². The van der Waals surface area contributed by atoms with Crippen molar-refractivity contribution in [1.29, 1.82) is 0 Å². The van der Waals surface area contributed by atoms with Gasteiger partial charge in [0, 0.05) is 31.7 Å². The zero-order valence-corrected chi connectivity index (χ0v) is 19.6. The molecule has 0 saturated carbocycles. The average Bonchev–Trinajstić information content (AvgIpc) is 3.08. The summed E-state index contributed by atoms with van der Waals surface area (Å²) in [6.45, 7) is 5.60. The third-order valence-corrected chi connectivity index (χ3v) is 7.94. The summed E-state index contributed by atoms with van der Waals surface area (Å²) in [7, 11) is -3.67. The number of ether oxygens (including phenoxy) is 1. The van der Waals surface area contributed by atoms with E-state index in [1.807, 2.05) is 24.3 Å². The molecule has 0 spiro atoms. The Morgan fingerprint density at radius 3 is 2.24 bits per heavy atom. The number of nitrogens with zero attached hydrogens (tertiary/aromatic N) is 2. The zero-order valence-electron chi connectivity index (χ0n) is 18.8. The van der Waals surface area contributed by atoms with Gasteiger partial charge in [-0.15, -0.1) is 0 Å². The first-order chi connectivity index (χ1) is 15.7. The first kappa shape index (κ1) is 23.0. The molecule has 4 rings (SSSR count). The topological polar surface area (TPSA) is 97.1 Å². The summed E-state index contributed by atoms with van der Waals surface area (Å²) >= 11 is 0. The highest BCUT2D eigenvalue weighted by atomic mass is 32.2. The molecular formula is C24H26N2O6S. The first-order valence-corrected chi connectivity index (χ1v) is 12.1. The van der Waals surface area contributed by atoms with Crippen LogP contribution in [-0.4, -0.2) is 62.3 Å². The number of fused-ring (bicyclic) bond motifs is 1. The van der Waals surface area contributed by atoms with Crippen molar-refractivity contribution in [3.05, 3.63) is 65.1 Å². The molecule has 0 aliphatic carbocycles. The maximum Gasteiger partial charge on any atom is 0.342 e. The van der Waals surface area contributed by atoms with Crippen molar-refractivity contribution in [2.24, 2.45) is 0 Å². The number of rotatable bonds is 5. The predicted octanol–water partition coefficient (Wildman–Crippen LogP) is 3.05. The maximum absolute atomic E-state index is 13.1. The van der Waals surface area contributed by atoms with Gasteiger partial charge in [-0.25, -0.2) is 13.2 Å². The van der Waals surface area contributed by atoms with Gasteiger partial charge in [0.2, 0.25) is 10.0 Å². The molecule has 1 saturated heterocycles. The number of amides is 1. The molecule has 2 heterocycles. The second kappa shape index (κ2) is 8.99. The second-order valence-electron chi connectivity index (χ2n) is 8.08. The summed E-state index contributed by atoms with van der Waals surface area (Å²) in [5, 5.41) is 1.82. The molecule has 0 radical (unpaired) electrons. The molecule has 174 valence electrons. The van der Waals surface area contributed by atoms with Crippen LogP contribution in [-0.2, 0) is 19.6 Å². The van der Waals surface area contributed by atoms with Crippen LogP contribution in [0.25, 0.3) is 10.8 Å². The van der Waals surface area contributed by atoms with Crippen molar-refractivity contribution in [1.82, 2.24) is 9.21 Å². The Morgan fingerprint density at radius 1 is 0.939 bits per heavy atom. The summed E-state index contributed by atoms with van der Waals surface area (Å²) in [5.74, 6) is 0.124. The average molecular weight is 471 g/mol. The summed E-state index contributed by atoms with van der Waals surface area (Å²) < 4.78 is 38.2. The number of benzene rings is 2. The smallest absolute Gasteiger partial charge is 0.342 e. The lowest BCUT2D eigenvalue weighted by molar-refractivity contribution is -0.135. The van der Waals surface area contributed by atoms with E-state index < -0.39 is 22.6 Å². The Hall–Kier alpha value is -3.17. The van der Waals surface area contributed by atoms with Gasteiger partial charge in [0.1, 0.15) is 17.1 Å².